The molecule has 0 spiro atoms. The minimum absolute atomic E-state index is 0.0605. The second-order valence-corrected chi connectivity index (χ2v) is 37.5. The van der Waals surface area contributed by atoms with Crippen molar-refractivity contribution in [2.45, 2.75) is 114 Å². The zero-order valence-corrected chi connectivity index (χ0v) is 56.2. The van der Waals surface area contributed by atoms with E-state index in [0.717, 1.165) is 92.5 Å². The molecule has 0 bridgehead atoms. The topological polar surface area (TPSA) is 195 Å². The standard InChI is InChI=1S/C70H86N6O10SSi2/c1-44-28-30-70(3,87(83,84)74(8)32-16-17-62(77)78)31-29-52(44)64-55-24-19-47(72(4)5)38-60(55)89(11,61-39-48(73(6)7)20-25-56(61)64)43-85-42-57-66(79)67(80)65(69(82)86-57)71-68(81)46-18-23-51(45(2)37-46)63-53-26-21-49(75-33-12-13-34-75)40-58(53)88(9,10)59-41-50(22-27-54(59)63)76-35-14-15-36-76/h18-31,37-41,57,65-67,69,79-80,82H,12-17,32-36,42-43H2,1-11H3/p+2. The molecule has 7 atom stereocenters. The van der Waals surface area contributed by atoms with Crippen LogP contribution >= 0.6 is 0 Å². The summed E-state index contributed by atoms with van der Waals surface area (Å²) in [6, 6.07) is 17.8. The highest BCUT2D eigenvalue weighted by atomic mass is 32.2. The summed E-state index contributed by atoms with van der Waals surface area (Å²) in [7, 11) is 0.278. The van der Waals surface area contributed by atoms with Gasteiger partial charge in [0.05, 0.1) is 6.61 Å². The second kappa shape index (κ2) is 24.9. The third-order valence-corrected chi connectivity index (χ3v) is 29.7. The average molecular weight is 1260 g/mol. The van der Waals surface area contributed by atoms with Gasteiger partial charge in [0.1, 0.15) is 72.4 Å². The lowest BCUT2D eigenvalue weighted by molar-refractivity contribution is -0.504. The number of anilines is 2. The maximum Gasteiger partial charge on any atom is 0.303 e. The van der Waals surface area contributed by atoms with Gasteiger partial charge in [0, 0.05) is 108 Å². The summed E-state index contributed by atoms with van der Waals surface area (Å²) in [5.74, 6) is -1.51. The van der Waals surface area contributed by atoms with Crippen LogP contribution < -0.4 is 25.5 Å². The van der Waals surface area contributed by atoms with E-state index in [1.165, 1.54) is 70.0 Å². The van der Waals surface area contributed by atoms with E-state index >= 15 is 0 Å². The number of sulfonamides is 1. The highest BCUT2D eigenvalue weighted by Gasteiger charge is 2.49. The first kappa shape index (κ1) is 63.9. The molecule has 3 aromatic rings. The number of rotatable bonds is 16. The predicted molar refractivity (Wildman–Crippen MR) is 360 cm³/mol. The number of allylic oxidation sites excluding steroid dienone is 15. The number of carbonyl (C=O) groups is 2. The lowest BCUT2D eigenvalue weighted by Crippen LogP contribution is -2.64. The van der Waals surface area contributed by atoms with Crippen LogP contribution in [0.5, 0.6) is 0 Å². The first-order valence-electron chi connectivity index (χ1n) is 31.4. The van der Waals surface area contributed by atoms with Gasteiger partial charge in [-0.2, -0.15) is 0 Å². The highest BCUT2D eigenvalue weighted by Crippen LogP contribution is 2.46. The second-order valence-electron chi connectivity index (χ2n) is 26.7. The van der Waals surface area contributed by atoms with Gasteiger partial charge < -0.3 is 45.0 Å². The lowest BCUT2D eigenvalue weighted by atomic mass is 9.87. The van der Waals surface area contributed by atoms with E-state index < -0.39 is 73.4 Å². The van der Waals surface area contributed by atoms with Crippen molar-refractivity contribution >= 4 is 82.4 Å². The molecule has 5 heterocycles. The number of ether oxygens (including phenoxy) is 2. The number of aliphatic hydroxyl groups excluding tert-OH is 3. The number of benzene rings is 3. The molecule has 5 aliphatic heterocycles. The molecule has 3 fully saturated rings. The number of carboxylic acids is 1. The Morgan fingerprint density at radius 1 is 0.798 bits per heavy atom. The summed E-state index contributed by atoms with van der Waals surface area (Å²) in [6.07, 6.45) is 19.7. The van der Waals surface area contributed by atoms with Gasteiger partial charge in [0.15, 0.2) is 17.7 Å². The van der Waals surface area contributed by atoms with E-state index in [1.807, 2.05) is 75.8 Å². The average Bonchev–Trinajstić information content (AvgIpc) is 0.833. The van der Waals surface area contributed by atoms with E-state index in [1.54, 1.807) is 25.1 Å². The number of amides is 1. The molecule has 3 aliphatic carbocycles. The van der Waals surface area contributed by atoms with Gasteiger partial charge >= 0.3 is 5.97 Å². The van der Waals surface area contributed by atoms with Crippen LogP contribution in [0.1, 0.15) is 85.0 Å². The molecular formula is C70H88N6O10SSi2+2. The molecule has 8 aliphatic rings. The van der Waals surface area contributed by atoms with Gasteiger partial charge in [-0.15, -0.1) is 0 Å². The van der Waals surface area contributed by atoms with Crippen LogP contribution in [-0.4, -0.2) is 198 Å². The summed E-state index contributed by atoms with van der Waals surface area (Å²) in [5, 5.41) is 52.2. The Balaban J connectivity index is 0.832. The zero-order valence-electron chi connectivity index (χ0n) is 53.4. The molecule has 0 aromatic heterocycles. The SMILES string of the molecule is CC1=C(C2=C3C=CC(=[N+](C)C)C=C3[Si](C)(COCC3OC(O)C(NC(=O)c4ccc(C5=C6C=CC(=[N+]7CCCC7)C=C6[Si](C)(C)c6cc(N7CCCC7)ccc65)c(C)c4)C(O)C3O)c3cc(N(C)C)ccc32)C=CC(C)(S(=O)(=O)N(C)CCCC(=O)O)C=C1. The molecule has 3 aromatic carbocycles. The Labute approximate surface area is 527 Å². The molecule has 16 nitrogen and oxygen atoms in total. The third-order valence-electron chi connectivity index (χ3n) is 19.8. The third kappa shape index (κ3) is 11.8. The van der Waals surface area contributed by atoms with Crippen LogP contribution in [-0.2, 0) is 24.3 Å². The summed E-state index contributed by atoms with van der Waals surface area (Å²) < 4.78 is 45.6. The van der Waals surface area contributed by atoms with Crippen LogP contribution in [0.4, 0.5) is 11.4 Å². The van der Waals surface area contributed by atoms with Gasteiger partial charge in [-0.25, -0.2) is 21.9 Å². The molecule has 1 amide bonds. The first-order chi connectivity index (χ1) is 42.2. The predicted octanol–water partition coefficient (Wildman–Crippen LogP) is 6.60. The molecule has 3 saturated heterocycles. The highest BCUT2D eigenvalue weighted by molar-refractivity contribution is 7.90. The summed E-state index contributed by atoms with van der Waals surface area (Å²) >= 11 is 0. The minimum atomic E-state index is -3.98. The largest absolute Gasteiger partial charge is 0.481 e. The van der Waals surface area contributed by atoms with Crippen LogP contribution in [0.25, 0.3) is 11.1 Å². The number of aliphatic carboxylic acids is 1. The van der Waals surface area contributed by atoms with Crippen molar-refractivity contribution in [3.05, 3.63) is 176 Å². The van der Waals surface area contributed by atoms with Gasteiger partial charge in [-0.3, -0.25) is 9.59 Å². The number of hydrogen-bond donors (Lipinski definition) is 5. The molecule has 0 radical (unpaired) electrons. The molecule has 89 heavy (non-hydrogen) atoms. The number of nitrogens with one attached hydrogen (secondary N) is 1. The van der Waals surface area contributed by atoms with Crippen molar-refractivity contribution in [2.75, 3.05) is 90.6 Å². The smallest absolute Gasteiger partial charge is 0.303 e. The Bertz CT molecular complexity index is 3900. The molecule has 470 valence electrons. The summed E-state index contributed by atoms with van der Waals surface area (Å²) in [6.45, 7) is 17.0. The summed E-state index contributed by atoms with van der Waals surface area (Å²) in [4.78, 5) is 30.1. The molecule has 19 heteroatoms. The Hall–Kier alpha value is -6.66. The van der Waals surface area contributed by atoms with Crippen LogP contribution in [0.15, 0.2) is 148 Å². The molecular weight excluding hydrogens is 1170 g/mol. The normalized spacial score (nSPS) is 26.3. The number of aryl methyl sites for hydroxylation is 1. The fraction of sp³-hybridized carbons (Fsp3) is 0.429. The van der Waals surface area contributed by atoms with Crippen LogP contribution in [0, 0.1) is 6.92 Å². The Kier molecular flexibility index (Phi) is 17.8. The number of fused-ring (bicyclic) bond motifs is 4. The maximum atomic E-state index is 14.3. The van der Waals surface area contributed by atoms with Gasteiger partial charge in [-0.1, -0.05) is 62.1 Å². The quantitative estimate of drug-likeness (QED) is 0.0764. The van der Waals surface area contributed by atoms with E-state index in [-0.39, 0.29) is 32.2 Å². The molecule has 5 N–H and O–H groups in total. The first-order valence-corrected chi connectivity index (χ1v) is 38.5. The van der Waals surface area contributed by atoms with Crippen molar-refractivity contribution < 1.29 is 57.1 Å². The van der Waals surface area contributed by atoms with Gasteiger partial charge in [0.2, 0.25) is 10.0 Å². The van der Waals surface area contributed by atoms with Crippen LogP contribution in [0.2, 0.25) is 19.6 Å². The van der Waals surface area contributed by atoms with Crippen molar-refractivity contribution in [1.82, 2.24) is 9.62 Å². The molecule has 11 rings (SSSR count). The van der Waals surface area contributed by atoms with E-state index in [9.17, 15) is 38.4 Å². The monoisotopic (exact) mass is 1260 g/mol. The maximum absolute atomic E-state index is 14.3. The minimum Gasteiger partial charge on any atom is -0.481 e. The van der Waals surface area contributed by atoms with E-state index in [2.05, 4.69) is 107 Å². The van der Waals surface area contributed by atoms with E-state index in [4.69, 9.17) is 9.47 Å². The number of hydrogen-bond acceptors (Lipinski definition) is 11. The number of carbonyl (C=O) groups excluding carboxylic acids is 1. The molecule has 0 saturated carbocycles. The zero-order chi connectivity index (χ0) is 63.6. The number of carboxylic acid groups (broad SMARTS) is 1. The lowest BCUT2D eigenvalue weighted by Gasteiger charge is -2.42. The van der Waals surface area contributed by atoms with Crippen molar-refractivity contribution in [3.8, 4) is 0 Å². The van der Waals surface area contributed by atoms with Gasteiger partial charge in [-0.05, 0) is 165 Å². The Morgan fingerprint density at radius 3 is 2.17 bits per heavy atom. The van der Waals surface area contributed by atoms with Crippen molar-refractivity contribution in [1.29, 1.82) is 0 Å². The van der Waals surface area contributed by atoms with Gasteiger partial charge in [0.25, 0.3) is 5.91 Å². The fourth-order valence-corrected chi connectivity index (χ4v) is 22.5. The van der Waals surface area contributed by atoms with Crippen molar-refractivity contribution in [3.63, 3.8) is 0 Å². The summed E-state index contributed by atoms with van der Waals surface area (Å²) in [5.41, 5.74) is 15.0. The number of aliphatic hydroxyl groups is 3. The molecule has 7 unspecified atom stereocenters. The Morgan fingerprint density at radius 2 is 1.47 bits per heavy atom. The number of nitrogens with zero attached hydrogens (tertiary/aromatic N) is 5. The van der Waals surface area contributed by atoms with Crippen molar-refractivity contribution in [2.24, 2.45) is 0 Å². The van der Waals surface area contributed by atoms with Crippen LogP contribution in [0.3, 0.4) is 0 Å². The fourth-order valence-electron chi connectivity index (χ4n) is 14.3. The van der Waals surface area contributed by atoms with E-state index in [0.29, 0.717) is 5.56 Å².